The van der Waals surface area contributed by atoms with Crippen LogP contribution in [-0.2, 0) is 6.54 Å². The second kappa shape index (κ2) is 9.53. The molecule has 0 aliphatic carbocycles. The van der Waals surface area contributed by atoms with Gasteiger partial charge in [0.1, 0.15) is 0 Å². The van der Waals surface area contributed by atoms with Crippen LogP contribution in [0.3, 0.4) is 0 Å². The van der Waals surface area contributed by atoms with E-state index in [-0.39, 0.29) is 28.6 Å². The van der Waals surface area contributed by atoms with Crippen molar-refractivity contribution in [2.45, 2.75) is 20.4 Å². The Balaban J connectivity index is 1.88. The summed E-state index contributed by atoms with van der Waals surface area (Å²) in [4.78, 5) is 25.3. The van der Waals surface area contributed by atoms with Crippen molar-refractivity contribution in [3.63, 3.8) is 0 Å². The third-order valence-electron chi connectivity index (χ3n) is 4.45. The number of aromatic nitrogens is 5. The van der Waals surface area contributed by atoms with Crippen LogP contribution in [0.25, 0.3) is 5.82 Å². The van der Waals surface area contributed by atoms with Gasteiger partial charge in [-0.2, -0.15) is 9.78 Å². The Morgan fingerprint density at radius 1 is 1.35 bits per heavy atom. The average Bonchev–Trinajstić information content (AvgIpc) is 3.37. The number of carbonyl (C=O) groups is 1. The van der Waals surface area contributed by atoms with Crippen molar-refractivity contribution in [1.82, 2.24) is 35.6 Å². The van der Waals surface area contributed by atoms with E-state index in [1.807, 2.05) is 18.7 Å². The maximum absolute atomic E-state index is 12.7. The Kier molecular flexibility index (Phi) is 6.61. The molecule has 0 bridgehead atoms. The molecule has 0 spiro atoms. The van der Waals surface area contributed by atoms with Gasteiger partial charge in [0.05, 0.1) is 22.4 Å². The molecule has 0 unspecified atom stereocenters. The molecule has 0 fully saturated rings. The van der Waals surface area contributed by atoms with Gasteiger partial charge >= 0.3 is 0 Å². The van der Waals surface area contributed by atoms with Gasteiger partial charge in [-0.3, -0.25) is 19.8 Å². The van der Waals surface area contributed by atoms with Crippen molar-refractivity contribution in [3.05, 3.63) is 51.3 Å². The molecule has 0 saturated heterocycles. The van der Waals surface area contributed by atoms with Gasteiger partial charge in [-0.05, 0) is 29.5 Å². The Bertz CT molecular complexity index is 1100. The Morgan fingerprint density at radius 3 is 2.74 bits per heavy atom. The largest absolute Gasteiger partial charge is 0.378 e. The molecule has 3 rings (SSSR count). The first-order chi connectivity index (χ1) is 15.0. The highest BCUT2D eigenvalue weighted by atomic mass is 16.6. The summed E-state index contributed by atoms with van der Waals surface area (Å²) in [5.41, 5.74) is 8.58. The molecular formula is C17H20N10O4. The van der Waals surface area contributed by atoms with Gasteiger partial charge in [0.15, 0.2) is 5.69 Å². The first-order valence-electron chi connectivity index (χ1n) is 9.28. The number of nitrogen functional groups attached to an aromatic ring is 1. The number of hydrogen-bond acceptors (Lipinski definition) is 11. The van der Waals surface area contributed by atoms with Crippen LogP contribution in [0, 0.1) is 10.1 Å². The van der Waals surface area contributed by atoms with Crippen molar-refractivity contribution < 1.29 is 14.3 Å². The topological polar surface area (TPSA) is 183 Å². The molecule has 3 aromatic rings. The maximum atomic E-state index is 12.7. The van der Waals surface area contributed by atoms with E-state index in [9.17, 15) is 14.9 Å². The van der Waals surface area contributed by atoms with Crippen LogP contribution in [0.5, 0.6) is 0 Å². The van der Waals surface area contributed by atoms with Gasteiger partial charge < -0.3 is 5.73 Å². The second-order valence-electron chi connectivity index (χ2n) is 6.25. The Labute approximate surface area is 175 Å². The molecule has 14 heteroatoms. The van der Waals surface area contributed by atoms with Crippen LogP contribution < -0.4 is 11.2 Å². The quantitative estimate of drug-likeness (QED) is 0.280. The number of nitrogens with two attached hydrogens (primary N) is 1. The van der Waals surface area contributed by atoms with E-state index in [0.717, 1.165) is 0 Å². The number of carbonyl (C=O) groups excluding carboxylic acids is 1. The van der Waals surface area contributed by atoms with Gasteiger partial charge in [0.25, 0.3) is 11.6 Å². The fraction of sp³-hybridized carbons (Fsp3) is 0.294. The van der Waals surface area contributed by atoms with Crippen molar-refractivity contribution in [1.29, 1.82) is 0 Å². The van der Waals surface area contributed by atoms with E-state index in [0.29, 0.717) is 25.3 Å². The summed E-state index contributed by atoms with van der Waals surface area (Å²) in [6, 6.07) is 6.01. The lowest BCUT2D eigenvalue weighted by molar-refractivity contribution is -0.385. The summed E-state index contributed by atoms with van der Waals surface area (Å²) in [6.45, 7) is 5.69. The molecule has 14 nitrogen and oxygen atoms in total. The molecule has 3 N–H and O–H groups in total. The standard InChI is InChI=1S/C17H20N10O4/c1-3-25(4-2)10-13-14(20-24-26(13)16-15(18)22-31-23-16)17(28)21-19-9-11-7-5-6-8-12(11)27(29)30/h5-9H,3-4,10H2,1-2H3,(H2,18,22)(H,21,28)/b19-9-. The lowest BCUT2D eigenvalue weighted by Gasteiger charge is -2.18. The smallest absolute Gasteiger partial charge is 0.293 e. The molecular weight excluding hydrogens is 408 g/mol. The van der Waals surface area contributed by atoms with Gasteiger partial charge in [0.2, 0.25) is 11.6 Å². The molecule has 2 heterocycles. The number of amides is 1. The number of hydrogen-bond donors (Lipinski definition) is 2. The third kappa shape index (κ3) is 4.69. The average molecular weight is 428 g/mol. The maximum Gasteiger partial charge on any atom is 0.293 e. The minimum atomic E-state index is -0.654. The summed E-state index contributed by atoms with van der Waals surface area (Å²) in [6.07, 6.45) is 1.18. The molecule has 0 atom stereocenters. The molecule has 0 aliphatic rings. The minimum Gasteiger partial charge on any atom is -0.378 e. The third-order valence-corrected chi connectivity index (χ3v) is 4.45. The molecule has 1 amide bonds. The number of hydrazone groups is 1. The molecule has 1 aromatic carbocycles. The SMILES string of the molecule is CCN(CC)Cc1c(C(=O)N/N=C\c2ccccc2[N+](=O)[O-])nnn1-c1nonc1N. The fourth-order valence-corrected chi connectivity index (χ4v) is 2.76. The zero-order chi connectivity index (χ0) is 22.4. The molecule has 0 saturated carbocycles. The lowest BCUT2D eigenvalue weighted by atomic mass is 10.2. The zero-order valence-electron chi connectivity index (χ0n) is 16.8. The van der Waals surface area contributed by atoms with E-state index in [4.69, 9.17) is 5.73 Å². The van der Waals surface area contributed by atoms with Crippen LogP contribution in [0.4, 0.5) is 11.5 Å². The summed E-state index contributed by atoms with van der Waals surface area (Å²) < 4.78 is 5.90. The summed E-state index contributed by atoms with van der Waals surface area (Å²) in [5.74, 6) is -0.553. The van der Waals surface area contributed by atoms with Gasteiger partial charge in [-0.1, -0.05) is 31.2 Å². The van der Waals surface area contributed by atoms with E-state index in [1.165, 1.54) is 29.1 Å². The van der Waals surface area contributed by atoms with E-state index in [1.54, 1.807) is 6.07 Å². The summed E-state index contributed by atoms with van der Waals surface area (Å²) >= 11 is 0. The highest BCUT2D eigenvalue weighted by molar-refractivity contribution is 5.94. The first-order valence-corrected chi connectivity index (χ1v) is 9.28. The number of nitro benzene ring substituents is 1. The van der Waals surface area contributed by atoms with Crippen molar-refractivity contribution >= 4 is 23.6 Å². The lowest BCUT2D eigenvalue weighted by Crippen LogP contribution is -2.27. The van der Waals surface area contributed by atoms with Crippen LogP contribution in [0.1, 0.15) is 35.6 Å². The van der Waals surface area contributed by atoms with Gasteiger partial charge in [0, 0.05) is 12.6 Å². The summed E-state index contributed by atoms with van der Waals surface area (Å²) in [5, 5.41) is 30.0. The van der Waals surface area contributed by atoms with Crippen molar-refractivity contribution in [2.75, 3.05) is 18.8 Å². The highest BCUT2D eigenvalue weighted by Crippen LogP contribution is 2.18. The molecule has 0 aliphatic heterocycles. The highest BCUT2D eigenvalue weighted by Gasteiger charge is 2.25. The second-order valence-corrected chi connectivity index (χ2v) is 6.25. The zero-order valence-corrected chi connectivity index (χ0v) is 16.8. The van der Waals surface area contributed by atoms with Crippen molar-refractivity contribution in [2.24, 2.45) is 5.10 Å². The van der Waals surface area contributed by atoms with Crippen LogP contribution in [0.15, 0.2) is 34.0 Å². The number of benzene rings is 1. The minimum absolute atomic E-state index is 0.00555. The normalized spacial score (nSPS) is 11.3. The number of nitro groups is 1. The van der Waals surface area contributed by atoms with Crippen LogP contribution >= 0.6 is 0 Å². The number of nitrogens with zero attached hydrogens (tertiary/aromatic N) is 8. The Hall–Kier alpha value is -4.20. The number of nitrogens with one attached hydrogen (secondary N) is 1. The first kappa shape index (κ1) is 21.5. The molecule has 0 radical (unpaired) electrons. The molecule has 162 valence electrons. The number of para-hydroxylation sites is 1. The van der Waals surface area contributed by atoms with Crippen molar-refractivity contribution in [3.8, 4) is 5.82 Å². The monoisotopic (exact) mass is 428 g/mol. The van der Waals surface area contributed by atoms with Crippen LogP contribution in [0.2, 0.25) is 0 Å². The molecule has 2 aromatic heterocycles. The van der Waals surface area contributed by atoms with E-state index in [2.05, 4.69) is 35.8 Å². The van der Waals surface area contributed by atoms with Crippen LogP contribution in [-0.4, -0.2) is 60.3 Å². The van der Waals surface area contributed by atoms with Gasteiger partial charge in [-0.25, -0.2) is 10.1 Å². The number of rotatable bonds is 9. The fourth-order valence-electron chi connectivity index (χ4n) is 2.76. The predicted molar refractivity (Wildman–Crippen MR) is 108 cm³/mol. The Morgan fingerprint density at radius 2 is 2.10 bits per heavy atom. The summed E-state index contributed by atoms with van der Waals surface area (Å²) in [7, 11) is 0. The van der Waals surface area contributed by atoms with Gasteiger partial charge in [-0.15, -0.1) is 5.10 Å². The number of anilines is 1. The predicted octanol–water partition coefficient (Wildman–Crippen LogP) is 0.746. The van der Waals surface area contributed by atoms with E-state index >= 15 is 0 Å². The van der Waals surface area contributed by atoms with E-state index < -0.39 is 10.8 Å². The molecule has 31 heavy (non-hydrogen) atoms.